The zero-order valence-corrected chi connectivity index (χ0v) is 7.71. The number of anilines is 1. The van der Waals surface area contributed by atoms with Crippen LogP contribution in [0.2, 0.25) is 0 Å². The summed E-state index contributed by atoms with van der Waals surface area (Å²) >= 11 is 0. The van der Waals surface area contributed by atoms with E-state index in [-0.39, 0.29) is 11.8 Å². The molecule has 1 heterocycles. The normalized spacial score (nSPS) is 9.85. The molecule has 0 saturated heterocycles. The molecule has 72 valence electrons. The fourth-order valence-corrected chi connectivity index (χ4v) is 0.782. The molecule has 0 aromatic carbocycles. The first-order valence-corrected chi connectivity index (χ1v) is 3.66. The van der Waals surface area contributed by atoms with E-state index in [0.717, 1.165) is 6.20 Å². The van der Waals surface area contributed by atoms with Gasteiger partial charge in [0, 0.05) is 14.1 Å². The summed E-state index contributed by atoms with van der Waals surface area (Å²) in [4.78, 5) is 7.43. The Hall–Kier alpha value is -1.43. The third kappa shape index (κ3) is 2.03. The third-order valence-electron chi connectivity index (χ3n) is 1.54. The van der Waals surface area contributed by atoms with Crippen molar-refractivity contribution in [2.45, 2.75) is 0 Å². The number of hydrogen-bond donors (Lipinski definition) is 1. The highest BCUT2D eigenvalue weighted by Crippen LogP contribution is 2.14. The Balaban J connectivity index is 3.03. The Labute approximate surface area is 75.5 Å². The molecule has 1 aromatic heterocycles. The SMILES string of the molecule is CNN(C)c1nc(OC)ncc1F. The highest BCUT2D eigenvalue weighted by Gasteiger charge is 2.10. The molecule has 0 unspecified atom stereocenters. The minimum Gasteiger partial charge on any atom is -0.467 e. The Morgan fingerprint density at radius 3 is 2.85 bits per heavy atom. The molecule has 0 aliphatic carbocycles. The molecule has 0 amide bonds. The maximum absolute atomic E-state index is 13.1. The van der Waals surface area contributed by atoms with Crippen LogP contribution in [0.4, 0.5) is 10.2 Å². The van der Waals surface area contributed by atoms with Crippen LogP contribution in [0.25, 0.3) is 0 Å². The van der Waals surface area contributed by atoms with Crippen LogP contribution in [0.3, 0.4) is 0 Å². The Bertz CT molecular complexity index is 294. The summed E-state index contributed by atoms with van der Waals surface area (Å²) in [5.74, 6) is -0.355. The molecule has 0 atom stereocenters. The van der Waals surface area contributed by atoms with Crippen LogP contribution < -0.4 is 15.2 Å². The highest BCUT2D eigenvalue weighted by atomic mass is 19.1. The van der Waals surface area contributed by atoms with E-state index in [0.29, 0.717) is 0 Å². The molecule has 1 rings (SSSR count). The molecule has 1 aromatic rings. The summed E-state index contributed by atoms with van der Waals surface area (Å²) in [6.07, 6.45) is 1.06. The van der Waals surface area contributed by atoms with Gasteiger partial charge in [-0.05, 0) is 0 Å². The van der Waals surface area contributed by atoms with Crippen LogP contribution in [0, 0.1) is 5.82 Å². The first-order chi connectivity index (χ1) is 6.19. The summed E-state index contributed by atoms with van der Waals surface area (Å²) in [5.41, 5.74) is 2.72. The van der Waals surface area contributed by atoms with Gasteiger partial charge in [0.2, 0.25) is 0 Å². The molecule has 0 saturated carbocycles. The van der Waals surface area contributed by atoms with Gasteiger partial charge < -0.3 is 4.74 Å². The second-order valence-corrected chi connectivity index (χ2v) is 2.31. The number of hydrogen-bond acceptors (Lipinski definition) is 5. The maximum atomic E-state index is 13.1. The maximum Gasteiger partial charge on any atom is 0.318 e. The molecule has 6 heteroatoms. The number of methoxy groups -OCH3 is 1. The average Bonchev–Trinajstić information content (AvgIpc) is 2.17. The molecule has 0 spiro atoms. The summed E-state index contributed by atoms with van der Waals surface area (Å²) in [5, 5.41) is 1.43. The van der Waals surface area contributed by atoms with Crippen molar-refractivity contribution in [3.8, 4) is 6.01 Å². The van der Waals surface area contributed by atoms with Gasteiger partial charge in [0.1, 0.15) is 0 Å². The monoisotopic (exact) mass is 186 g/mol. The lowest BCUT2D eigenvalue weighted by atomic mass is 10.5. The van der Waals surface area contributed by atoms with Gasteiger partial charge in [-0.3, -0.25) is 5.01 Å². The van der Waals surface area contributed by atoms with E-state index in [2.05, 4.69) is 15.4 Å². The van der Waals surface area contributed by atoms with Gasteiger partial charge >= 0.3 is 6.01 Å². The fraction of sp³-hybridized carbons (Fsp3) is 0.429. The predicted molar refractivity (Wildman–Crippen MR) is 46.0 cm³/mol. The summed E-state index contributed by atoms with van der Waals surface area (Å²) in [6.45, 7) is 0. The van der Waals surface area contributed by atoms with Crippen molar-refractivity contribution in [2.75, 3.05) is 26.2 Å². The van der Waals surface area contributed by atoms with Crippen LogP contribution >= 0.6 is 0 Å². The Kier molecular flexibility index (Phi) is 2.97. The molecule has 0 fully saturated rings. The average molecular weight is 186 g/mol. The van der Waals surface area contributed by atoms with Crippen molar-refractivity contribution < 1.29 is 9.13 Å². The van der Waals surface area contributed by atoms with Gasteiger partial charge in [-0.2, -0.15) is 4.98 Å². The number of halogens is 1. The third-order valence-corrected chi connectivity index (χ3v) is 1.54. The van der Waals surface area contributed by atoms with E-state index in [1.807, 2.05) is 0 Å². The van der Waals surface area contributed by atoms with E-state index in [9.17, 15) is 4.39 Å². The smallest absolute Gasteiger partial charge is 0.318 e. The van der Waals surface area contributed by atoms with Crippen molar-refractivity contribution in [1.29, 1.82) is 0 Å². The van der Waals surface area contributed by atoms with Gasteiger partial charge in [0.25, 0.3) is 0 Å². The van der Waals surface area contributed by atoms with Crippen molar-refractivity contribution in [3.63, 3.8) is 0 Å². The molecule has 13 heavy (non-hydrogen) atoms. The first-order valence-electron chi connectivity index (χ1n) is 3.66. The van der Waals surface area contributed by atoms with E-state index < -0.39 is 5.82 Å². The highest BCUT2D eigenvalue weighted by molar-refractivity contribution is 5.37. The minimum absolute atomic E-state index is 0.138. The van der Waals surface area contributed by atoms with Gasteiger partial charge in [-0.25, -0.2) is 14.8 Å². The number of aromatic nitrogens is 2. The summed E-state index contributed by atoms with van der Waals surface area (Å²) < 4.78 is 17.8. The van der Waals surface area contributed by atoms with E-state index in [4.69, 9.17) is 4.74 Å². The van der Waals surface area contributed by atoms with Gasteiger partial charge in [-0.15, -0.1) is 0 Å². The zero-order valence-electron chi connectivity index (χ0n) is 7.71. The molecular weight excluding hydrogens is 175 g/mol. The zero-order chi connectivity index (χ0) is 9.84. The van der Waals surface area contributed by atoms with Gasteiger partial charge in [0.05, 0.1) is 13.3 Å². The topological polar surface area (TPSA) is 50.3 Å². The number of nitrogens with zero attached hydrogens (tertiary/aromatic N) is 3. The van der Waals surface area contributed by atoms with Crippen LogP contribution in [-0.2, 0) is 0 Å². The van der Waals surface area contributed by atoms with Crippen molar-refractivity contribution in [2.24, 2.45) is 0 Å². The molecular formula is C7H11FN4O. The second kappa shape index (κ2) is 3.99. The van der Waals surface area contributed by atoms with Crippen molar-refractivity contribution >= 4 is 5.82 Å². The number of ether oxygens (including phenoxy) is 1. The van der Waals surface area contributed by atoms with Gasteiger partial charge in [0.15, 0.2) is 11.6 Å². The molecule has 1 N–H and O–H groups in total. The van der Waals surface area contributed by atoms with Crippen LogP contribution in [0.5, 0.6) is 6.01 Å². The summed E-state index contributed by atoms with van der Waals surface area (Å²) in [7, 11) is 4.73. The van der Waals surface area contributed by atoms with Crippen LogP contribution in [0.1, 0.15) is 0 Å². The second-order valence-electron chi connectivity index (χ2n) is 2.31. The fourth-order valence-electron chi connectivity index (χ4n) is 0.782. The van der Waals surface area contributed by atoms with Gasteiger partial charge in [-0.1, -0.05) is 0 Å². The van der Waals surface area contributed by atoms with E-state index in [1.165, 1.54) is 12.1 Å². The van der Waals surface area contributed by atoms with E-state index >= 15 is 0 Å². The molecule has 0 aliphatic heterocycles. The number of hydrazine groups is 1. The molecule has 0 bridgehead atoms. The van der Waals surface area contributed by atoms with Crippen molar-refractivity contribution in [3.05, 3.63) is 12.0 Å². The van der Waals surface area contributed by atoms with E-state index in [1.54, 1.807) is 14.1 Å². The minimum atomic E-state index is -0.502. The lowest BCUT2D eigenvalue weighted by Gasteiger charge is -2.16. The Morgan fingerprint density at radius 1 is 1.62 bits per heavy atom. The number of nitrogens with one attached hydrogen (secondary N) is 1. The molecule has 5 nitrogen and oxygen atoms in total. The lowest BCUT2D eigenvalue weighted by Crippen LogP contribution is -2.32. The summed E-state index contributed by atoms with van der Waals surface area (Å²) in [6, 6.07) is 0.138. The molecule has 0 radical (unpaired) electrons. The predicted octanol–water partition coefficient (Wildman–Crippen LogP) is 0.195. The largest absolute Gasteiger partial charge is 0.467 e. The molecule has 0 aliphatic rings. The van der Waals surface area contributed by atoms with Crippen molar-refractivity contribution in [1.82, 2.24) is 15.4 Å². The lowest BCUT2D eigenvalue weighted by molar-refractivity contribution is 0.376. The number of rotatable bonds is 3. The quantitative estimate of drug-likeness (QED) is 0.683. The van der Waals surface area contributed by atoms with Crippen LogP contribution in [0.15, 0.2) is 6.20 Å². The standard InChI is InChI=1S/C7H11FN4O/c1-9-12(2)6-5(8)4-10-7(11-6)13-3/h4,9H,1-3H3. The first kappa shape index (κ1) is 9.66. The Morgan fingerprint density at radius 2 is 2.31 bits per heavy atom. The van der Waals surface area contributed by atoms with Crippen LogP contribution in [-0.4, -0.2) is 31.2 Å².